The van der Waals surface area contributed by atoms with E-state index in [2.05, 4.69) is 20.4 Å². The molecule has 0 saturated carbocycles. The number of ether oxygens (including phenoxy) is 1. The summed E-state index contributed by atoms with van der Waals surface area (Å²) in [7, 11) is 2.78. The second-order valence-electron chi connectivity index (χ2n) is 11.2. The van der Waals surface area contributed by atoms with E-state index in [0.29, 0.717) is 0 Å². The Balaban J connectivity index is 0.0000137. The van der Waals surface area contributed by atoms with Gasteiger partial charge in [-0.2, -0.15) is 0 Å². The van der Waals surface area contributed by atoms with Crippen molar-refractivity contribution in [3.8, 4) is 0 Å². The molecule has 1 saturated heterocycles. The molecule has 0 spiro atoms. The zero-order valence-electron chi connectivity index (χ0n) is 24.2. The molecule has 1 rings (SSSR count). The van der Waals surface area contributed by atoms with Crippen molar-refractivity contribution >= 4 is 17.7 Å². The minimum Gasteiger partial charge on any atom is -1.00 e. The fraction of sp³-hybridized carbons (Fsp3) is 0.767. The van der Waals surface area contributed by atoms with Gasteiger partial charge in [0.15, 0.2) is 11.7 Å². The van der Waals surface area contributed by atoms with Crippen LogP contribution in [0.5, 0.6) is 0 Å². The molecule has 0 aliphatic carbocycles. The number of cyclic esters (lactones) is 1. The van der Waals surface area contributed by atoms with Crippen molar-refractivity contribution < 1.29 is 46.1 Å². The third-order valence-electron chi connectivity index (χ3n) is 6.98. The SMILES string of the molecule is C=CCC(=O)O[N+](C)(C)C1(O)OC(=O)CCC(=O)C1C=CCCCCCCCCCCCCCC(C)C.[Cl-]. The van der Waals surface area contributed by atoms with E-state index < -0.39 is 28.4 Å². The minimum absolute atomic E-state index is 0. The number of carbonyl (C=O) groups excluding carboxylic acids is 3. The number of Topliss-reactive ketones (excluding diaryl/α,β-unsaturated/α-hetero) is 1. The molecular weight excluding hydrogens is 506 g/mol. The van der Waals surface area contributed by atoms with Crippen LogP contribution in [0.3, 0.4) is 0 Å². The van der Waals surface area contributed by atoms with Gasteiger partial charge in [0.1, 0.15) is 14.1 Å². The summed E-state index contributed by atoms with van der Waals surface area (Å²) in [5.74, 6) is -4.32. The van der Waals surface area contributed by atoms with Gasteiger partial charge in [-0.15, -0.1) is 6.58 Å². The van der Waals surface area contributed by atoms with Crippen LogP contribution in [0.15, 0.2) is 24.8 Å². The fourth-order valence-electron chi connectivity index (χ4n) is 4.66. The summed E-state index contributed by atoms with van der Waals surface area (Å²) in [5, 5.41) is 11.4. The van der Waals surface area contributed by atoms with Crippen LogP contribution in [0, 0.1) is 11.8 Å². The maximum absolute atomic E-state index is 12.8. The average molecular weight is 558 g/mol. The van der Waals surface area contributed by atoms with Crippen LogP contribution in [-0.2, 0) is 24.0 Å². The molecule has 220 valence electrons. The van der Waals surface area contributed by atoms with Crippen LogP contribution >= 0.6 is 0 Å². The molecule has 0 bridgehead atoms. The summed E-state index contributed by atoms with van der Waals surface area (Å²) in [5.41, 5.74) is 0. The third kappa shape index (κ3) is 13.4. The Hall–Kier alpha value is -1.70. The number of hydrogen-bond acceptors (Lipinski definition) is 6. The molecule has 1 heterocycles. The van der Waals surface area contributed by atoms with Crippen LogP contribution in [0.25, 0.3) is 0 Å². The number of rotatable bonds is 19. The van der Waals surface area contributed by atoms with Crippen molar-refractivity contribution in [3.63, 3.8) is 0 Å². The second-order valence-corrected chi connectivity index (χ2v) is 11.2. The van der Waals surface area contributed by atoms with E-state index in [1.807, 2.05) is 6.08 Å². The molecular formula is C30H52ClNO6. The number of quaternary nitrogens is 1. The summed E-state index contributed by atoms with van der Waals surface area (Å²) in [4.78, 5) is 42.4. The van der Waals surface area contributed by atoms with Gasteiger partial charge in [-0.3, -0.25) is 14.4 Å². The monoisotopic (exact) mass is 557 g/mol. The van der Waals surface area contributed by atoms with Gasteiger partial charge in [0.25, 0.3) is 0 Å². The van der Waals surface area contributed by atoms with E-state index in [4.69, 9.17) is 9.57 Å². The molecule has 0 aromatic carbocycles. The molecule has 38 heavy (non-hydrogen) atoms. The predicted molar refractivity (Wildman–Crippen MR) is 146 cm³/mol. The number of ketones is 1. The lowest BCUT2D eigenvalue weighted by molar-refractivity contribution is -1.14. The number of carbonyl (C=O) groups is 3. The summed E-state index contributed by atoms with van der Waals surface area (Å²) >= 11 is 0. The van der Waals surface area contributed by atoms with Gasteiger partial charge in [0, 0.05) is 6.42 Å². The van der Waals surface area contributed by atoms with Crippen LogP contribution in [0.1, 0.15) is 117 Å². The lowest BCUT2D eigenvalue weighted by Gasteiger charge is -2.40. The smallest absolute Gasteiger partial charge is 0.413 e. The number of allylic oxidation sites excluding steroid dienone is 1. The first-order valence-electron chi connectivity index (χ1n) is 14.3. The Morgan fingerprint density at radius 1 is 1.03 bits per heavy atom. The van der Waals surface area contributed by atoms with Crippen LogP contribution in [-0.4, -0.2) is 47.5 Å². The molecule has 0 amide bonds. The molecule has 8 heteroatoms. The molecule has 0 aromatic rings. The topological polar surface area (TPSA) is 89.9 Å². The highest BCUT2D eigenvalue weighted by atomic mass is 35.5. The number of esters is 1. The molecule has 2 atom stereocenters. The van der Waals surface area contributed by atoms with Crippen molar-refractivity contribution in [3.05, 3.63) is 24.8 Å². The van der Waals surface area contributed by atoms with E-state index in [9.17, 15) is 19.5 Å². The number of aliphatic hydroxyl groups is 1. The van der Waals surface area contributed by atoms with Gasteiger partial charge in [0.05, 0.1) is 12.8 Å². The normalized spacial score (nSPS) is 20.2. The standard InChI is InChI=1S/C30H52NO6.ClH/c1-6-20-29(34)37-31(4,5)30(35)26(27(32)23-24-28(33)36-30)22-19-17-15-13-11-9-7-8-10-12-14-16-18-21-25(2)3;/h6,19,22,25-26,35H,1,7-18,20-21,23-24H2,2-5H3;1H/q+1;/p-1. The molecule has 0 aromatic heterocycles. The Morgan fingerprint density at radius 3 is 2.08 bits per heavy atom. The van der Waals surface area contributed by atoms with E-state index in [0.717, 1.165) is 25.2 Å². The summed E-state index contributed by atoms with van der Waals surface area (Å²) in [6, 6.07) is 0. The van der Waals surface area contributed by atoms with Gasteiger partial charge < -0.3 is 22.3 Å². The minimum atomic E-state index is -2.34. The zero-order valence-corrected chi connectivity index (χ0v) is 25.0. The van der Waals surface area contributed by atoms with Gasteiger partial charge in [-0.05, 0) is 18.8 Å². The van der Waals surface area contributed by atoms with Crippen LogP contribution in [0.4, 0.5) is 0 Å². The first-order valence-corrected chi connectivity index (χ1v) is 14.3. The summed E-state index contributed by atoms with van der Waals surface area (Å²) in [6.07, 6.45) is 20.6. The third-order valence-corrected chi connectivity index (χ3v) is 6.98. The molecule has 1 N–H and O–H groups in total. The molecule has 1 fully saturated rings. The van der Waals surface area contributed by atoms with Crippen LogP contribution < -0.4 is 12.4 Å². The van der Waals surface area contributed by atoms with E-state index in [1.54, 1.807) is 6.08 Å². The first kappa shape index (κ1) is 36.3. The van der Waals surface area contributed by atoms with Crippen molar-refractivity contribution in [2.24, 2.45) is 11.8 Å². The number of unbranched alkanes of at least 4 members (excludes halogenated alkanes) is 11. The van der Waals surface area contributed by atoms with Crippen molar-refractivity contribution in [2.75, 3.05) is 14.1 Å². The molecule has 7 nitrogen and oxygen atoms in total. The number of hydroxylamine groups is 3. The van der Waals surface area contributed by atoms with E-state index >= 15 is 0 Å². The van der Waals surface area contributed by atoms with E-state index in [1.165, 1.54) is 84.4 Å². The van der Waals surface area contributed by atoms with Gasteiger partial charge in [-0.25, -0.2) is 4.79 Å². The highest BCUT2D eigenvalue weighted by Crippen LogP contribution is 2.35. The maximum Gasteiger partial charge on any atom is 0.413 e. The second kappa shape index (κ2) is 19.4. The lowest BCUT2D eigenvalue weighted by Crippen LogP contribution is -3.00. The Kier molecular flexibility index (Phi) is 18.5. The Bertz CT molecular complexity index is 751. The molecule has 1 aliphatic heterocycles. The first-order chi connectivity index (χ1) is 17.5. The van der Waals surface area contributed by atoms with Crippen LogP contribution in [0.2, 0.25) is 0 Å². The van der Waals surface area contributed by atoms with Crippen molar-refractivity contribution in [2.45, 2.75) is 122 Å². The van der Waals surface area contributed by atoms with Gasteiger partial charge in [-0.1, -0.05) is 107 Å². The molecule has 0 radical (unpaired) electrons. The Morgan fingerprint density at radius 2 is 1.55 bits per heavy atom. The van der Waals surface area contributed by atoms with Gasteiger partial charge in [0.2, 0.25) is 0 Å². The van der Waals surface area contributed by atoms with Crippen molar-refractivity contribution in [1.29, 1.82) is 0 Å². The summed E-state index contributed by atoms with van der Waals surface area (Å²) in [6.45, 7) is 8.08. The average Bonchev–Trinajstić information content (AvgIpc) is 2.92. The molecule has 2 unspecified atom stereocenters. The zero-order chi connectivity index (χ0) is 27.7. The quantitative estimate of drug-likeness (QED) is 0.0652. The number of nitrogens with zero attached hydrogens (tertiary/aromatic N) is 1. The highest BCUT2D eigenvalue weighted by molar-refractivity contribution is 5.88. The number of hydrogen-bond donors (Lipinski definition) is 1. The number of halogens is 1. The fourth-order valence-corrected chi connectivity index (χ4v) is 4.66. The predicted octanol–water partition coefficient (Wildman–Crippen LogP) is 3.55. The van der Waals surface area contributed by atoms with Gasteiger partial charge >= 0.3 is 17.8 Å². The maximum atomic E-state index is 12.8. The molecule has 1 aliphatic rings. The summed E-state index contributed by atoms with van der Waals surface area (Å²) < 4.78 is 4.49. The van der Waals surface area contributed by atoms with Crippen molar-refractivity contribution in [1.82, 2.24) is 0 Å². The Labute approximate surface area is 237 Å². The highest BCUT2D eigenvalue weighted by Gasteiger charge is 2.61. The van der Waals surface area contributed by atoms with E-state index in [-0.39, 0.29) is 37.5 Å². The lowest BCUT2D eigenvalue weighted by atomic mass is 9.95. The largest absolute Gasteiger partial charge is 1.00 e.